The lowest BCUT2D eigenvalue weighted by atomic mass is 10.1. The maximum absolute atomic E-state index is 10.2. The van der Waals surface area contributed by atoms with Gasteiger partial charge in [-0.2, -0.15) is 5.26 Å². The Morgan fingerprint density at radius 1 is 1.82 bits per heavy atom. The van der Waals surface area contributed by atoms with Crippen LogP contribution in [0.1, 0.15) is 16.8 Å². The fraction of sp³-hybridized carbons (Fsp3) is 0.250. The molecule has 0 aliphatic carbocycles. The van der Waals surface area contributed by atoms with E-state index in [1.807, 2.05) is 13.0 Å². The van der Waals surface area contributed by atoms with Crippen LogP contribution in [-0.4, -0.2) is 11.3 Å². The van der Waals surface area contributed by atoms with E-state index in [0.717, 1.165) is 17.4 Å². The van der Waals surface area contributed by atoms with Crippen molar-refractivity contribution in [1.29, 1.82) is 5.26 Å². The molecule has 0 spiro atoms. The van der Waals surface area contributed by atoms with Gasteiger partial charge in [-0.25, -0.2) is 0 Å². The van der Waals surface area contributed by atoms with Crippen LogP contribution < -0.4 is 0 Å². The Hall–Kier alpha value is -1.56. The lowest BCUT2D eigenvalue weighted by molar-refractivity contribution is -0.107. The molecular weight excluding hydrogens is 140 g/mol. The minimum Gasteiger partial charge on any atom is -0.353 e. The van der Waals surface area contributed by atoms with Crippen LogP contribution in [0.5, 0.6) is 0 Å². The van der Waals surface area contributed by atoms with Crippen molar-refractivity contribution in [1.82, 2.24) is 4.98 Å². The molecule has 0 fully saturated rings. The minimum atomic E-state index is 0.318. The number of rotatable bonds is 2. The Morgan fingerprint density at radius 3 is 3.09 bits per heavy atom. The molecular formula is C8H8N2O. The molecule has 1 heterocycles. The van der Waals surface area contributed by atoms with Crippen LogP contribution in [0.4, 0.5) is 0 Å². The molecule has 3 heteroatoms. The standard InChI is InChI=1S/C8H8N2O/c1-6-5-10-8(4-9)7(6)2-3-11/h3,5,10H,2H2,1H3. The summed E-state index contributed by atoms with van der Waals surface area (Å²) in [4.78, 5) is 13.0. The molecule has 3 nitrogen and oxygen atoms in total. The van der Waals surface area contributed by atoms with Gasteiger partial charge in [0.15, 0.2) is 0 Å². The van der Waals surface area contributed by atoms with E-state index in [9.17, 15) is 4.79 Å². The van der Waals surface area contributed by atoms with Gasteiger partial charge >= 0.3 is 0 Å². The Kier molecular flexibility index (Phi) is 2.07. The number of hydrogen-bond donors (Lipinski definition) is 1. The Bertz CT molecular complexity index is 306. The van der Waals surface area contributed by atoms with Crippen LogP contribution in [0.2, 0.25) is 0 Å². The van der Waals surface area contributed by atoms with Gasteiger partial charge in [-0.05, 0) is 18.1 Å². The highest BCUT2D eigenvalue weighted by molar-refractivity contribution is 5.58. The number of aldehydes is 1. The molecule has 56 valence electrons. The predicted molar refractivity (Wildman–Crippen MR) is 40.0 cm³/mol. The SMILES string of the molecule is Cc1c[nH]c(C#N)c1CC=O. The number of carbonyl (C=O) groups is 1. The van der Waals surface area contributed by atoms with Gasteiger partial charge in [-0.1, -0.05) is 0 Å². The molecule has 1 aromatic rings. The van der Waals surface area contributed by atoms with E-state index in [0.29, 0.717) is 12.1 Å². The van der Waals surface area contributed by atoms with Gasteiger partial charge in [0, 0.05) is 12.6 Å². The first-order valence-electron chi connectivity index (χ1n) is 3.30. The van der Waals surface area contributed by atoms with Gasteiger partial charge in [-0.3, -0.25) is 0 Å². The number of aryl methyl sites for hydroxylation is 1. The van der Waals surface area contributed by atoms with Crippen molar-refractivity contribution >= 4 is 6.29 Å². The zero-order valence-corrected chi connectivity index (χ0v) is 6.22. The van der Waals surface area contributed by atoms with Crippen LogP contribution >= 0.6 is 0 Å². The average Bonchev–Trinajstić information content (AvgIpc) is 2.34. The van der Waals surface area contributed by atoms with E-state index >= 15 is 0 Å². The van der Waals surface area contributed by atoms with Gasteiger partial charge < -0.3 is 9.78 Å². The number of hydrogen-bond acceptors (Lipinski definition) is 2. The zero-order chi connectivity index (χ0) is 8.27. The van der Waals surface area contributed by atoms with E-state index in [1.54, 1.807) is 6.20 Å². The van der Waals surface area contributed by atoms with Crippen molar-refractivity contribution in [3.8, 4) is 6.07 Å². The zero-order valence-electron chi connectivity index (χ0n) is 6.22. The number of nitriles is 1. The van der Waals surface area contributed by atoms with E-state index in [2.05, 4.69) is 4.98 Å². The maximum atomic E-state index is 10.2. The number of H-pyrrole nitrogens is 1. The van der Waals surface area contributed by atoms with Gasteiger partial charge in [-0.15, -0.1) is 0 Å². The smallest absolute Gasteiger partial charge is 0.124 e. The number of aromatic nitrogens is 1. The number of aromatic amines is 1. The van der Waals surface area contributed by atoms with Crippen molar-refractivity contribution in [2.75, 3.05) is 0 Å². The molecule has 0 saturated heterocycles. The van der Waals surface area contributed by atoms with Crippen LogP contribution in [0.25, 0.3) is 0 Å². The van der Waals surface area contributed by atoms with E-state index < -0.39 is 0 Å². The molecule has 0 unspecified atom stereocenters. The van der Waals surface area contributed by atoms with Crippen LogP contribution in [0, 0.1) is 18.3 Å². The van der Waals surface area contributed by atoms with Gasteiger partial charge in [0.25, 0.3) is 0 Å². The van der Waals surface area contributed by atoms with Crippen LogP contribution in [-0.2, 0) is 11.2 Å². The lowest BCUT2D eigenvalue weighted by Crippen LogP contribution is -1.89. The highest BCUT2D eigenvalue weighted by Gasteiger charge is 2.05. The van der Waals surface area contributed by atoms with Gasteiger partial charge in [0.2, 0.25) is 0 Å². The fourth-order valence-electron chi connectivity index (χ4n) is 0.998. The molecule has 0 bridgehead atoms. The van der Waals surface area contributed by atoms with Gasteiger partial charge in [0.05, 0.1) is 0 Å². The average molecular weight is 148 g/mol. The molecule has 0 radical (unpaired) electrons. The fourth-order valence-corrected chi connectivity index (χ4v) is 0.998. The van der Waals surface area contributed by atoms with Crippen LogP contribution in [0.3, 0.4) is 0 Å². The number of nitrogens with zero attached hydrogens (tertiary/aromatic N) is 1. The first kappa shape index (κ1) is 7.55. The highest BCUT2D eigenvalue weighted by atomic mass is 16.1. The molecule has 0 aliphatic heterocycles. The third kappa shape index (κ3) is 1.30. The summed E-state index contributed by atoms with van der Waals surface area (Å²) >= 11 is 0. The molecule has 1 rings (SSSR count). The minimum absolute atomic E-state index is 0.318. The number of nitrogens with one attached hydrogen (secondary N) is 1. The molecule has 1 N–H and O–H groups in total. The van der Waals surface area contributed by atoms with Crippen molar-refractivity contribution < 1.29 is 4.79 Å². The summed E-state index contributed by atoms with van der Waals surface area (Å²) < 4.78 is 0. The maximum Gasteiger partial charge on any atom is 0.124 e. The molecule has 0 atom stereocenters. The van der Waals surface area contributed by atoms with Gasteiger partial charge in [0.1, 0.15) is 18.0 Å². The second kappa shape index (κ2) is 3.02. The second-order valence-corrected chi connectivity index (χ2v) is 2.31. The first-order valence-corrected chi connectivity index (χ1v) is 3.30. The second-order valence-electron chi connectivity index (χ2n) is 2.31. The topological polar surface area (TPSA) is 56.6 Å². The highest BCUT2D eigenvalue weighted by Crippen LogP contribution is 2.11. The van der Waals surface area contributed by atoms with E-state index in [4.69, 9.17) is 5.26 Å². The molecule has 0 aromatic carbocycles. The summed E-state index contributed by atoms with van der Waals surface area (Å²) in [6, 6.07) is 1.99. The molecule has 0 aliphatic rings. The Morgan fingerprint density at radius 2 is 2.55 bits per heavy atom. The summed E-state index contributed by atoms with van der Waals surface area (Å²) in [6.45, 7) is 1.87. The monoisotopic (exact) mass is 148 g/mol. The molecule has 1 aromatic heterocycles. The lowest BCUT2D eigenvalue weighted by Gasteiger charge is -1.90. The summed E-state index contributed by atoms with van der Waals surface area (Å²) in [5, 5.41) is 8.56. The third-order valence-corrected chi connectivity index (χ3v) is 1.61. The number of carbonyl (C=O) groups excluding carboxylic acids is 1. The van der Waals surface area contributed by atoms with Crippen LogP contribution in [0.15, 0.2) is 6.20 Å². The summed E-state index contributed by atoms with van der Waals surface area (Å²) in [5.41, 5.74) is 2.27. The first-order chi connectivity index (χ1) is 5.29. The van der Waals surface area contributed by atoms with E-state index in [1.165, 1.54) is 0 Å². The van der Waals surface area contributed by atoms with E-state index in [-0.39, 0.29) is 0 Å². The third-order valence-electron chi connectivity index (χ3n) is 1.61. The van der Waals surface area contributed by atoms with Crippen molar-refractivity contribution in [3.63, 3.8) is 0 Å². The Labute approximate surface area is 64.7 Å². The molecule has 11 heavy (non-hydrogen) atoms. The largest absolute Gasteiger partial charge is 0.353 e. The summed E-state index contributed by atoms with van der Waals surface area (Å²) in [6.07, 6.45) is 2.85. The molecule has 0 saturated carbocycles. The van der Waals surface area contributed by atoms with Crippen molar-refractivity contribution in [2.45, 2.75) is 13.3 Å². The van der Waals surface area contributed by atoms with Crippen molar-refractivity contribution in [3.05, 3.63) is 23.0 Å². The summed E-state index contributed by atoms with van der Waals surface area (Å²) in [5.74, 6) is 0. The summed E-state index contributed by atoms with van der Waals surface area (Å²) in [7, 11) is 0. The van der Waals surface area contributed by atoms with Crippen molar-refractivity contribution in [2.24, 2.45) is 0 Å². The molecule has 0 amide bonds. The normalized spacial score (nSPS) is 9.09. The predicted octanol–water partition coefficient (Wildman–Crippen LogP) is 0.936. The Balaban J connectivity index is 3.09. The quantitative estimate of drug-likeness (QED) is 0.634.